The smallest absolute Gasteiger partial charge is 0.196 e. The summed E-state index contributed by atoms with van der Waals surface area (Å²) in [5.41, 5.74) is 3.11. The fraction of sp³-hybridized carbons (Fsp3) is 0.235. The van der Waals surface area contributed by atoms with Crippen molar-refractivity contribution in [2.45, 2.75) is 13.8 Å². The predicted molar refractivity (Wildman–Crippen MR) is 86.6 cm³/mol. The third-order valence-electron chi connectivity index (χ3n) is 3.40. The topological polar surface area (TPSA) is 35.5 Å². The van der Waals surface area contributed by atoms with Crippen molar-refractivity contribution in [3.05, 3.63) is 57.1 Å². The summed E-state index contributed by atoms with van der Waals surface area (Å²) in [6.45, 7) is 3.89. The first-order valence-corrected chi connectivity index (χ1v) is 7.30. The Morgan fingerprint density at radius 1 is 0.952 bits per heavy atom. The maximum Gasteiger partial charge on any atom is 0.196 e. The Morgan fingerprint density at radius 3 is 2.24 bits per heavy atom. The Hall–Kier alpha value is -1.81. The molecular weight excluding hydrogens is 332 g/mol. The van der Waals surface area contributed by atoms with Crippen molar-refractivity contribution in [3.63, 3.8) is 0 Å². The molecule has 0 aliphatic rings. The highest BCUT2D eigenvalue weighted by molar-refractivity contribution is 9.10. The first kappa shape index (κ1) is 15.6. The van der Waals surface area contributed by atoms with Gasteiger partial charge in [0.2, 0.25) is 0 Å². The van der Waals surface area contributed by atoms with Crippen molar-refractivity contribution in [3.8, 4) is 11.5 Å². The zero-order valence-corrected chi connectivity index (χ0v) is 14.1. The number of carbonyl (C=O) groups excluding carboxylic acids is 1. The highest BCUT2D eigenvalue weighted by atomic mass is 79.9. The first-order valence-electron chi connectivity index (χ1n) is 6.51. The van der Waals surface area contributed by atoms with Gasteiger partial charge in [-0.05, 0) is 43.2 Å². The zero-order chi connectivity index (χ0) is 15.6. The van der Waals surface area contributed by atoms with Crippen molar-refractivity contribution in [1.29, 1.82) is 0 Å². The SMILES string of the molecule is COc1cc(C(=O)c2cc(Br)c(C)cc2OC)ccc1C. The summed E-state index contributed by atoms with van der Waals surface area (Å²) >= 11 is 3.46. The lowest BCUT2D eigenvalue weighted by atomic mass is 9.99. The molecule has 0 aliphatic heterocycles. The van der Waals surface area contributed by atoms with Gasteiger partial charge in [0, 0.05) is 10.0 Å². The Labute approximate surface area is 133 Å². The van der Waals surface area contributed by atoms with Gasteiger partial charge in [-0.25, -0.2) is 0 Å². The number of hydrogen-bond acceptors (Lipinski definition) is 3. The van der Waals surface area contributed by atoms with Crippen molar-refractivity contribution >= 4 is 21.7 Å². The van der Waals surface area contributed by atoms with Gasteiger partial charge >= 0.3 is 0 Å². The normalized spacial score (nSPS) is 10.3. The largest absolute Gasteiger partial charge is 0.496 e. The average molecular weight is 349 g/mol. The standard InChI is InChI=1S/C17H17BrO3/c1-10-5-6-12(8-15(10)20-3)17(19)13-9-14(18)11(2)7-16(13)21-4/h5-9H,1-4H3. The van der Waals surface area contributed by atoms with Gasteiger partial charge in [-0.1, -0.05) is 28.1 Å². The van der Waals surface area contributed by atoms with Crippen LogP contribution in [-0.2, 0) is 0 Å². The van der Waals surface area contributed by atoms with E-state index in [1.807, 2.05) is 26.0 Å². The second kappa shape index (κ2) is 6.31. The van der Waals surface area contributed by atoms with E-state index < -0.39 is 0 Å². The summed E-state index contributed by atoms with van der Waals surface area (Å²) in [7, 11) is 3.16. The Balaban J connectivity index is 2.52. The van der Waals surface area contributed by atoms with Crippen LogP contribution in [0.1, 0.15) is 27.0 Å². The van der Waals surface area contributed by atoms with Gasteiger partial charge in [-0.15, -0.1) is 0 Å². The minimum absolute atomic E-state index is 0.0918. The molecule has 0 fully saturated rings. The molecule has 2 rings (SSSR count). The van der Waals surface area contributed by atoms with E-state index in [1.165, 1.54) is 0 Å². The number of halogens is 1. The van der Waals surface area contributed by atoms with Crippen LogP contribution in [0.3, 0.4) is 0 Å². The van der Waals surface area contributed by atoms with Crippen LogP contribution in [0.2, 0.25) is 0 Å². The molecule has 4 heteroatoms. The van der Waals surface area contributed by atoms with Gasteiger partial charge in [0.1, 0.15) is 11.5 Å². The lowest BCUT2D eigenvalue weighted by molar-refractivity contribution is 0.103. The van der Waals surface area contributed by atoms with E-state index in [2.05, 4.69) is 15.9 Å². The number of ether oxygens (including phenoxy) is 2. The summed E-state index contributed by atoms with van der Waals surface area (Å²) in [6.07, 6.45) is 0. The molecule has 0 spiro atoms. The lowest BCUT2D eigenvalue weighted by Crippen LogP contribution is -2.05. The molecule has 21 heavy (non-hydrogen) atoms. The van der Waals surface area contributed by atoms with E-state index in [0.717, 1.165) is 15.6 Å². The minimum atomic E-state index is -0.0918. The Morgan fingerprint density at radius 2 is 1.62 bits per heavy atom. The molecule has 0 atom stereocenters. The molecular formula is C17H17BrO3. The molecule has 110 valence electrons. The third kappa shape index (κ3) is 3.10. The molecule has 2 aromatic carbocycles. The van der Waals surface area contributed by atoms with Crippen molar-refractivity contribution < 1.29 is 14.3 Å². The number of rotatable bonds is 4. The lowest BCUT2D eigenvalue weighted by Gasteiger charge is -2.12. The summed E-state index contributed by atoms with van der Waals surface area (Å²) in [6, 6.07) is 9.08. The van der Waals surface area contributed by atoms with Crippen LogP contribution in [0, 0.1) is 13.8 Å². The fourth-order valence-electron chi connectivity index (χ4n) is 2.12. The van der Waals surface area contributed by atoms with Crippen LogP contribution < -0.4 is 9.47 Å². The van der Waals surface area contributed by atoms with Crippen LogP contribution in [-0.4, -0.2) is 20.0 Å². The summed E-state index contributed by atoms with van der Waals surface area (Å²) in [5.74, 6) is 1.18. The minimum Gasteiger partial charge on any atom is -0.496 e. The van der Waals surface area contributed by atoms with Crippen molar-refractivity contribution in [2.24, 2.45) is 0 Å². The quantitative estimate of drug-likeness (QED) is 0.772. The van der Waals surface area contributed by atoms with E-state index >= 15 is 0 Å². The molecule has 0 saturated carbocycles. The number of carbonyl (C=O) groups is 1. The van der Waals surface area contributed by atoms with E-state index in [4.69, 9.17) is 9.47 Å². The second-order valence-corrected chi connectivity index (χ2v) is 5.67. The number of benzene rings is 2. The van der Waals surface area contributed by atoms with Crippen LogP contribution in [0.25, 0.3) is 0 Å². The highest BCUT2D eigenvalue weighted by Crippen LogP contribution is 2.30. The van der Waals surface area contributed by atoms with Crippen LogP contribution in [0.15, 0.2) is 34.8 Å². The molecule has 2 aromatic rings. The maximum atomic E-state index is 12.7. The summed E-state index contributed by atoms with van der Waals surface area (Å²) in [4.78, 5) is 12.7. The molecule has 0 aromatic heterocycles. The maximum absolute atomic E-state index is 12.7. The predicted octanol–water partition coefficient (Wildman–Crippen LogP) is 4.31. The summed E-state index contributed by atoms with van der Waals surface area (Å²) < 4.78 is 11.5. The number of aryl methyl sites for hydroxylation is 2. The second-order valence-electron chi connectivity index (χ2n) is 4.82. The van der Waals surface area contributed by atoms with Crippen molar-refractivity contribution in [2.75, 3.05) is 14.2 Å². The molecule has 0 radical (unpaired) electrons. The Kier molecular flexibility index (Phi) is 4.68. The van der Waals surface area contributed by atoms with E-state index in [-0.39, 0.29) is 5.78 Å². The van der Waals surface area contributed by atoms with Gasteiger partial charge in [0.15, 0.2) is 5.78 Å². The third-order valence-corrected chi connectivity index (χ3v) is 4.25. The van der Waals surface area contributed by atoms with Gasteiger partial charge in [0.25, 0.3) is 0 Å². The highest BCUT2D eigenvalue weighted by Gasteiger charge is 2.17. The number of hydrogen-bond donors (Lipinski definition) is 0. The van der Waals surface area contributed by atoms with Gasteiger partial charge < -0.3 is 9.47 Å². The zero-order valence-electron chi connectivity index (χ0n) is 12.5. The molecule has 0 unspecified atom stereocenters. The van der Waals surface area contributed by atoms with E-state index in [9.17, 15) is 4.79 Å². The average Bonchev–Trinajstić information content (AvgIpc) is 2.49. The number of methoxy groups -OCH3 is 2. The van der Waals surface area contributed by atoms with E-state index in [0.29, 0.717) is 22.6 Å². The number of ketones is 1. The molecule has 0 amide bonds. The van der Waals surface area contributed by atoms with Crippen LogP contribution in [0.4, 0.5) is 0 Å². The molecule has 0 saturated heterocycles. The summed E-state index contributed by atoms with van der Waals surface area (Å²) in [5, 5.41) is 0. The molecule has 0 bridgehead atoms. The first-order chi connectivity index (χ1) is 9.97. The molecule has 3 nitrogen and oxygen atoms in total. The molecule has 0 N–H and O–H groups in total. The Bertz CT molecular complexity index is 693. The van der Waals surface area contributed by atoms with Gasteiger partial charge in [-0.3, -0.25) is 4.79 Å². The van der Waals surface area contributed by atoms with E-state index in [1.54, 1.807) is 32.4 Å². The molecule has 0 heterocycles. The molecule has 0 aliphatic carbocycles. The van der Waals surface area contributed by atoms with Crippen molar-refractivity contribution in [1.82, 2.24) is 0 Å². The van der Waals surface area contributed by atoms with Gasteiger partial charge in [0.05, 0.1) is 19.8 Å². The van der Waals surface area contributed by atoms with Crippen LogP contribution >= 0.6 is 15.9 Å². The monoisotopic (exact) mass is 348 g/mol. The van der Waals surface area contributed by atoms with Crippen LogP contribution in [0.5, 0.6) is 11.5 Å². The fourth-order valence-corrected chi connectivity index (χ4v) is 2.46. The van der Waals surface area contributed by atoms with Gasteiger partial charge in [-0.2, -0.15) is 0 Å².